The number of hydrogen-bond donors (Lipinski definition) is 1. The van der Waals surface area contributed by atoms with E-state index in [1.807, 2.05) is 42.5 Å². The van der Waals surface area contributed by atoms with E-state index < -0.39 is 0 Å². The number of anilines is 1. The van der Waals surface area contributed by atoms with Crippen molar-refractivity contribution in [3.05, 3.63) is 59.8 Å². The van der Waals surface area contributed by atoms with Crippen LogP contribution in [0, 0.1) is 0 Å². The lowest BCUT2D eigenvalue weighted by Crippen LogP contribution is -2.45. The molecule has 1 aromatic heterocycles. The molecule has 8 nitrogen and oxygen atoms in total. The molecule has 4 rings (SSSR count). The van der Waals surface area contributed by atoms with Gasteiger partial charge in [0.1, 0.15) is 11.5 Å². The van der Waals surface area contributed by atoms with Gasteiger partial charge in [-0.2, -0.15) is 5.10 Å². The Bertz CT molecular complexity index is 954. The zero-order valence-electron chi connectivity index (χ0n) is 17.8. The molecule has 1 N–H and O–H groups in total. The second-order valence-corrected chi connectivity index (χ2v) is 7.94. The summed E-state index contributed by atoms with van der Waals surface area (Å²) < 4.78 is 0. The highest BCUT2D eigenvalue weighted by molar-refractivity contribution is 6.39. The van der Waals surface area contributed by atoms with Crippen molar-refractivity contribution in [1.82, 2.24) is 20.2 Å². The van der Waals surface area contributed by atoms with Crippen LogP contribution in [0.2, 0.25) is 0 Å². The number of nitrogens with one attached hydrogen (secondary N) is 1. The number of carbonyl (C=O) groups is 2. The van der Waals surface area contributed by atoms with Crippen LogP contribution in [0.25, 0.3) is 0 Å². The van der Waals surface area contributed by atoms with Gasteiger partial charge in [-0.05, 0) is 18.7 Å². The van der Waals surface area contributed by atoms with Crippen LogP contribution in [0.4, 0.5) is 5.82 Å². The SMILES string of the molecule is CN1CCN(c2ncccc2CNC(=O)C2=NN(Cc3ccccc3)C(=O)CC2)CC1. The smallest absolute Gasteiger partial charge is 0.267 e. The first-order chi connectivity index (χ1) is 15.1. The van der Waals surface area contributed by atoms with Crippen molar-refractivity contribution in [2.75, 3.05) is 38.1 Å². The molecular weight excluding hydrogens is 392 g/mol. The number of nitrogens with zero attached hydrogens (tertiary/aromatic N) is 5. The third-order valence-electron chi connectivity index (χ3n) is 5.65. The molecule has 2 aromatic rings. The molecule has 2 aliphatic rings. The molecule has 0 spiro atoms. The largest absolute Gasteiger partial charge is 0.354 e. The number of carbonyl (C=O) groups excluding carboxylic acids is 2. The van der Waals surface area contributed by atoms with Crippen LogP contribution in [0.5, 0.6) is 0 Å². The van der Waals surface area contributed by atoms with Gasteiger partial charge in [0.25, 0.3) is 5.91 Å². The lowest BCUT2D eigenvalue weighted by Gasteiger charge is -2.34. The van der Waals surface area contributed by atoms with Crippen LogP contribution in [0.1, 0.15) is 24.0 Å². The maximum atomic E-state index is 12.8. The molecule has 1 saturated heterocycles. The van der Waals surface area contributed by atoms with E-state index in [0.29, 0.717) is 31.6 Å². The zero-order chi connectivity index (χ0) is 21.6. The molecule has 0 saturated carbocycles. The Morgan fingerprint density at radius 2 is 1.81 bits per heavy atom. The number of pyridine rings is 1. The predicted molar refractivity (Wildman–Crippen MR) is 119 cm³/mol. The normalized spacial score (nSPS) is 17.5. The van der Waals surface area contributed by atoms with E-state index in [-0.39, 0.29) is 11.8 Å². The van der Waals surface area contributed by atoms with Crippen molar-refractivity contribution >= 4 is 23.3 Å². The fourth-order valence-corrected chi connectivity index (χ4v) is 3.79. The first-order valence-electron chi connectivity index (χ1n) is 10.7. The third-order valence-corrected chi connectivity index (χ3v) is 5.65. The first kappa shape index (κ1) is 21.0. The van der Waals surface area contributed by atoms with Gasteiger partial charge in [0.15, 0.2) is 0 Å². The number of amides is 2. The summed E-state index contributed by atoms with van der Waals surface area (Å²) in [5, 5.41) is 8.72. The quantitative estimate of drug-likeness (QED) is 0.768. The van der Waals surface area contributed by atoms with Crippen molar-refractivity contribution in [3.8, 4) is 0 Å². The Morgan fingerprint density at radius 1 is 1.03 bits per heavy atom. The third kappa shape index (κ3) is 5.27. The van der Waals surface area contributed by atoms with Gasteiger partial charge >= 0.3 is 0 Å². The predicted octanol–water partition coefficient (Wildman–Crippen LogP) is 1.63. The van der Waals surface area contributed by atoms with Gasteiger partial charge in [0.05, 0.1) is 6.54 Å². The van der Waals surface area contributed by atoms with Crippen LogP contribution in [0.3, 0.4) is 0 Å². The summed E-state index contributed by atoms with van der Waals surface area (Å²) in [5.41, 5.74) is 2.35. The number of hydrogen-bond acceptors (Lipinski definition) is 6. The monoisotopic (exact) mass is 420 g/mol. The molecule has 2 amide bonds. The number of likely N-dealkylation sites (N-methyl/N-ethyl adjacent to an activating group) is 1. The lowest BCUT2D eigenvalue weighted by molar-refractivity contribution is -0.132. The summed E-state index contributed by atoms with van der Waals surface area (Å²) in [6.07, 6.45) is 2.43. The van der Waals surface area contributed by atoms with E-state index in [4.69, 9.17) is 0 Å². The van der Waals surface area contributed by atoms with Crippen LogP contribution in [-0.4, -0.2) is 65.6 Å². The molecule has 162 valence electrons. The van der Waals surface area contributed by atoms with Gasteiger partial charge in [-0.3, -0.25) is 9.59 Å². The summed E-state index contributed by atoms with van der Waals surface area (Å²) in [4.78, 5) is 34.2. The topological polar surface area (TPSA) is 81.1 Å². The van der Waals surface area contributed by atoms with Gasteiger partial charge in [0, 0.05) is 57.3 Å². The molecule has 1 fully saturated rings. The minimum absolute atomic E-state index is 0.0648. The Labute approximate surface area is 182 Å². The van der Waals surface area contributed by atoms with Crippen molar-refractivity contribution < 1.29 is 9.59 Å². The van der Waals surface area contributed by atoms with Crippen molar-refractivity contribution in [1.29, 1.82) is 0 Å². The summed E-state index contributed by atoms with van der Waals surface area (Å²) in [6.45, 7) is 4.55. The minimum atomic E-state index is -0.237. The molecule has 0 atom stereocenters. The van der Waals surface area contributed by atoms with Gasteiger partial charge in [0.2, 0.25) is 5.91 Å². The van der Waals surface area contributed by atoms with E-state index in [9.17, 15) is 9.59 Å². The molecule has 31 heavy (non-hydrogen) atoms. The van der Waals surface area contributed by atoms with Gasteiger partial charge in [-0.1, -0.05) is 36.4 Å². The van der Waals surface area contributed by atoms with Crippen LogP contribution in [-0.2, 0) is 22.7 Å². The van der Waals surface area contributed by atoms with E-state index in [2.05, 4.69) is 32.2 Å². The molecular formula is C23H28N6O2. The lowest BCUT2D eigenvalue weighted by atomic mass is 10.1. The van der Waals surface area contributed by atoms with Crippen LogP contribution < -0.4 is 10.2 Å². The molecule has 3 heterocycles. The maximum absolute atomic E-state index is 12.8. The molecule has 0 bridgehead atoms. The van der Waals surface area contributed by atoms with Crippen molar-refractivity contribution in [3.63, 3.8) is 0 Å². The molecule has 0 unspecified atom stereocenters. The summed E-state index contributed by atoms with van der Waals surface area (Å²) >= 11 is 0. The number of benzene rings is 1. The second-order valence-electron chi connectivity index (χ2n) is 7.94. The fraction of sp³-hybridized carbons (Fsp3) is 0.391. The Kier molecular flexibility index (Phi) is 6.57. The summed E-state index contributed by atoms with van der Waals surface area (Å²) in [6, 6.07) is 13.5. The van der Waals surface area contributed by atoms with Crippen molar-refractivity contribution in [2.24, 2.45) is 5.10 Å². The fourth-order valence-electron chi connectivity index (χ4n) is 3.79. The van der Waals surface area contributed by atoms with Crippen LogP contribution in [0.15, 0.2) is 53.8 Å². The van der Waals surface area contributed by atoms with Gasteiger partial charge in [-0.25, -0.2) is 9.99 Å². The highest BCUT2D eigenvalue weighted by Crippen LogP contribution is 2.19. The Balaban J connectivity index is 1.41. The van der Waals surface area contributed by atoms with Crippen LogP contribution >= 0.6 is 0 Å². The number of rotatable bonds is 6. The molecule has 0 aliphatic carbocycles. The second kappa shape index (κ2) is 9.70. The highest BCUT2D eigenvalue weighted by Gasteiger charge is 2.25. The molecule has 8 heteroatoms. The van der Waals surface area contributed by atoms with E-state index in [1.165, 1.54) is 5.01 Å². The summed E-state index contributed by atoms with van der Waals surface area (Å²) in [7, 11) is 2.12. The number of aromatic nitrogens is 1. The van der Waals surface area contributed by atoms with Gasteiger partial charge < -0.3 is 15.1 Å². The van der Waals surface area contributed by atoms with Crippen molar-refractivity contribution in [2.45, 2.75) is 25.9 Å². The average Bonchev–Trinajstić information content (AvgIpc) is 2.80. The van der Waals surface area contributed by atoms with Gasteiger partial charge in [-0.15, -0.1) is 0 Å². The standard InChI is InChI=1S/C23H28N6O2/c1-27-12-14-28(15-13-27)22-19(8-5-11-24-22)16-25-23(31)20-9-10-21(30)29(26-20)17-18-6-3-2-4-7-18/h2-8,11H,9-10,12-17H2,1H3,(H,25,31). The van der Waals surface area contributed by atoms with E-state index in [1.54, 1.807) is 6.20 Å². The average molecular weight is 421 g/mol. The summed E-state index contributed by atoms with van der Waals surface area (Å²) in [5.74, 6) is 0.617. The van der Waals surface area contributed by atoms with E-state index in [0.717, 1.165) is 43.1 Å². The zero-order valence-corrected chi connectivity index (χ0v) is 17.8. The highest BCUT2D eigenvalue weighted by atomic mass is 16.2. The molecule has 0 radical (unpaired) electrons. The van der Waals surface area contributed by atoms with E-state index >= 15 is 0 Å². The minimum Gasteiger partial charge on any atom is -0.354 e. The number of piperazine rings is 1. The Morgan fingerprint density at radius 3 is 2.58 bits per heavy atom. The first-order valence-corrected chi connectivity index (χ1v) is 10.7. The molecule has 1 aromatic carbocycles. The Hall–Kier alpha value is -3.26. The maximum Gasteiger partial charge on any atom is 0.267 e. The molecule has 2 aliphatic heterocycles. The number of hydrazone groups is 1.